The van der Waals surface area contributed by atoms with Crippen LogP contribution in [0.3, 0.4) is 0 Å². The van der Waals surface area contributed by atoms with E-state index in [0.717, 1.165) is 19.3 Å². The summed E-state index contributed by atoms with van der Waals surface area (Å²) < 4.78 is 0. The highest BCUT2D eigenvalue weighted by atomic mass is 16.2. The van der Waals surface area contributed by atoms with E-state index in [9.17, 15) is 14.4 Å². The van der Waals surface area contributed by atoms with Gasteiger partial charge in [0.2, 0.25) is 11.8 Å². The van der Waals surface area contributed by atoms with Crippen LogP contribution >= 0.6 is 0 Å². The minimum Gasteiger partial charge on any atom is -0.335 e. The van der Waals surface area contributed by atoms with Crippen LogP contribution in [-0.2, 0) is 9.59 Å². The summed E-state index contributed by atoms with van der Waals surface area (Å²) in [5, 5.41) is 8.51. The Labute approximate surface area is 153 Å². The Bertz CT molecular complexity index is 683. The zero-order valence-electron chi connectivity index (χ0n) is 15.2. The molecule has 2 aliphatic rings. The van der Waals surface area contributed by atoms with Gasteiger partial charge in [0, 0.05) is 30.4 Å². The fourth-order valence-electron chi connectivity index (χ4n) is 3.20. The summed E-state index contributed by atoms with van der Waals surface area (Å²) in [6.45, 7) is 4.52. The molecule has 1 saturated heterocycles. The normalized spacial score (nSPS) is 18.0. The van der Waals surface area contributed by atoms with Crippen molar-refractivity contribution in [3.05, 3.63) is 24.3 Å². The Kier molecular flexibility index (Phi) is 5.44. The number of nitrogens with one attached hydrogen (secondary N) is 3. The van der Waals surface area contributed by atoms with Crippen LogP contribution < -0.4 is 16.0 Å². The molecule has 3 N–H and O–H groups in total. The van der Waals surface area contributed by atoms with Crippen molar-refractivity contribution in [2.75, 3.05) is 17.2 Å². The smallest absolute Gasteiger partial charge is 0.319 e. The molecule has 0 spiro atoms. The molecule has 1 aromatic carbocycles. The van der Waals surface area contributed by atoms with Crippen LogP contribution in [0.25, 0.3) is 0 Å². The lowest BCUT2D eigenvalue weighted by Crippen LogP contribution is -2.47. The van der Waals surface area contributed by atoms with E-state index in [-0.39, 0.29) is 23.8 Å². The number of hydrogen-bond donors (Lipinski definition) is 3. The number of rotatable bonds is 6. The minimum absolute atomic E-state index is 0.0316. The van der Waals surface area contributed by atoms with E-state index in [4.69, 9.17) is 0 Å². The van der Waals surface area contributed by atoms with Crippen molar-refractivity contribution in [3.63, 3.8) is 0 Å². The molecule has 4 amide bonds. The van der Waals surface area contributed by atoms with E-state index in [1.54, 1.807) is 29.2 Å². The first-order valence-corrected chi connectivity index (χ1v) is 9.22. The second kappa shape index (κ2) is 7.76. The summed E-state index contributed by atoms with van der Waals surface area (Å²) in [5.74, 6) is -0.105. The lowest BCUT2D eigenvalue weighted by atomic mass is 10.0. The predicted octanol–water partition coefficient (Wildman–Crippen LogP) is 2.56. The van der Waals surface area contributed by atoms with Crippen molar-refractivity contribution in [2.24, 2.45) is 5.92 Å². The molecule has 7 heteroatoms. The number of carbonyl (C=O) groups excluding carboxylic acids is 3. The molecule has 1 atom stereocenters. The first-order valence-electron chi connectivity index (χ1n) is 9.22. The van der Waals surface area contributed by atoms with Gasteiger partial charge < -0.3 is 20.9 Å². The van der Waals surface area contributed by atoms with Gasteiger partial charge in [0.1, 0.15) is 6.04 Å². The highest BCUT2D eigenvalue weighted by Crippen LogP contribution is 2.22. The standard InChI is InChI=1S/C19H26N4O3/c1-12(2)17(23-11-3-4-16(23)24)18(25)20-13-5-7-14(8-6-13)21-19(26)22-15-9-10-15/h5-8,12,15,17H,3-4,9-11H2,1-2H3,(H,20,25)(H2,21,22,26). The van der Waals surface area contributed by atoms with Crippen molar-refractivity contribution in [1.82, 2.24) is 10.2 Å². The third-order valence-electron chi connectivity index (χ3n) is 4.67. The van der Waals surface area contributed by atoms with Crippen LogP contribution in [0.5, 0.6) is 0 Å². The number of nitrogens with zero attached hydrogens (tertiary/aromatic N) is 1. The van der Waals surface area contributed by atoms with Gasteiger partial charge in [-0.1, -0.05) is 13.8 Å². The van der Waals surface area contributed by atoms with Crippen molar-refractivity contribution in [3.8, 4) is 0 Å². The Morgan fingerprint density at radius 3 is 2.19 bits per heavy atom. The molecule has 2 fully saturated rings. The van der Waals surface area contributed by atoms with Crippen LogP contribution in [0.15, 0.2) is 24.3 Å². The summed E-state index contributed by atoms with van der Waals surface area (Å²) in [4.78, 5) is 38.1. The fourth-order valence-corrected chi connectivity index (χ4v) is 3.20. The highest BCUT2D eigenvalue weighted by molar-refractivity contribution is 5.98. The molecular weight excluding hydrogens is 332 g/mol. The fraction of sp³-hybridized carbons (Fsp3) is 0.526. The van der Waals surface area contributed by atoms with Gasteiger partial charge >= 0.3 is 6.03 Å². The Morgan fingerprint density at radius 1 is 1.08 bits per heavy atom. The second-order valence-corrected chi connectivity index (χ2v) is 7.32. The van der Waals surface area contributed by atoms with Gasteiger partial charge in [0.05, 0.1) is 0 Å². The van der Waals surface area contributed by atoms with Crippen LogP contribution in [0.1, 0.15) is 39.5 Å². The van der Waals surface area contributed by atoms with Gasteiger partial charge in [-0.15, -0.1) is 0 Å². The van der Waals surface area contributed by atoms with E-state index in [2.05, 4.69) is 16.0 Å². The number of hydrogen-bond acceptors (Lipinski definition) is 3. The summed E-state index contributed by atoms with van der Waals surface area (Å²) in [7, 11) is 0. The number of benzene rings is 1. The maximum absolute atomic E-state index is 12.7. The Hall–Kier alpha value is -2.57. The molecular formula is C19H26N4O3. The molecule has 26 heavy (non-hydrogen) atoms. The van der Waals surface area contributed by atoms with Gasteiger partial charge in [0.25, 0.3) is 0 Å². The molecule has 0 bridgehead atoms. The number of urea groups is 1. The molecule has 7 nitrogen and oxygen atoms in total. The number of anilines is 2. The lowest BCUT2D eigenvalue weighted by Gasteiger charge is -2.29. The molecule has 3 rings (SSSR count). The second-order valence-electron chi connectivity index (χ2n) is 7.32. The number of amides is 4. The summed E-state index contributed by atoms with van der Waals surface area (Å²) in [5.41, 5.74) is 1.30. The van der Waals surface area contributed by atoms with E-state index in [1.807, 2.05) is 13.8 Å². The van der Waals surface area contributed by atoms with Crippen LogP contribution in [0, 0.1) is 5.92 Å². The van der Waals surface area contributed by atoms with E-state index >= 15 is 0 Å². The third kappa shape index (κ3) is 4.53. The van der Waals surface area contributed by atoms with E-state index < -0.39 is 6.04 Å². The lowest BCUT2D eigenvalue weighted by molar-refractivity contribution is -0.136. The van der Waals surface area contributed by atoms with Crippen molar-refractivity contribution in [1.29, 1.82) is 0 Å². The monoisotopic (exact) mass is 358 g/mol. The predicted molar refractivity (Wildman–Crippen MR) is 99.8 cm³/mol. The molecule has 140 valence electrons. The molecule has 1 saturated carbocycles. The molecule has 1 aliphatic carbocycles. The van der Waals surface area contributed by atoms with Gasteiger partial charge in [0.15, 0.2) is 0 Å². The maximum atomic E-state index is 12.7. The van der Waals surface area contributed by atoms with Crippen LogP contribution in [0.2, 0.25) is 0 Å². The number of likely N-dealkylation sites (tertiary alicyclic amines) is 1. The average Bonchev–Trinajstić information content (AvgIpc) is 3.29. The molecule has 1 aliphatic heterocycles. The third-order valence-corrected chi connectivity index (χ3v) is 4.67. The topological polar surface area (TPSA) is 90.5 Å². The zero-order chi connectivity index (χ0) is 18.7. The number of carbonyl (C=O) groups is 3. The first-order chi connectivity index (χ1) is 12.4. The Balaban J connectivity index is 1.58. The molecule has 0 radical (unpaired) electrons. The van der Waals surface area contributed by atoms with Crippen molar-refractivity contribution < 1.29 is 14.4 Å². The Morgan fingerprint density at radius 2 is 1.69 bits per heavy atom. The van der Waals surface area contributed by atoms with Gasteiger partial charge in [-0.05, 0) is 49.4 Å². The van der Waals surface area contributed by atoms with Gasteiger partial charge in [-0.25, -0.2) is 4.79 Å². The van der Waals surface area contributed by atoms with Gasteiger partial charge in [-0.2, -0.15) is 0 Å². The first kappa shape index (κ1) is 18.2. The van der Waals surface area contributed by atoms with Crippen LogP contribution in [-0.4, -0.2) is 41.4 Å². The average molecular weight is 358 g/mol. The molecule has 1 heterocycles. The van der Waals surface area contributed by atoms with Gasteiger partial charge in [-0.3, -0.25) is 9.59 Å². The summed E-state index contributed by atoms with van der Waals surface area (Å²) in [6, 6.07) is 6.60. The SMILES string of the molecule is CC(C)C(C(=O)Nc1ccc(NC(=O)NC2CC2)cc1)N1CCCC1=O. The van der Waals surface area contributed by atoms with Crippen LogP contribution in [0.4, 0.5) is 16.2 Å². The van der Waals surface area contributed by atoms with Crippen molar-refractivity contribution >= 4 is 29.2 Å². The molecule has 0 aromatic heterocycles. The highest BCUT2D eigenvalue weighted by Gasteiger charge is 2.34. The molecule has 1 unspecified atom stereocenters. The van der Waals surface area contributed by atoms with Crippen molar-refractivity contribution in [2.45, 2.75) is 51.6 Å². The van der Waals surface area contributed by atoms with E-state index in [0.29, 0.717) is 30.4 Å². The van der Waals surface area contributed by atoms with E-state index in [1.165, 1.54) is 0 Å². The zero-order valence-corrected chi connectivity index (χ0v) is 15.2. The largest absolute Gasteiger partial charge is 0.335 e. The summed E-state index contributed by atoms with van der Waals surface area (Å²) >= 11 is 0. The minimum atomic E-state index is -0.466. The molecule has 1 aromatic rings. The quantitative estimate of drug-likeness (QED) is 0.730. The summed E-state index contributed by atoms with van der Waals surface area (Å²) in [6.07, 6.45) is 3.39. The maximum Gasteiger partial charge on any atom is 0.319 e.